The van der Waals surface area contributed by atoms with E-state index in [1.54, 1.807) is 0 Å². The highest BCUT2D eigenvalue weighted by Gasteiger charge is 2.34. The summed E-state index contributed by atoms with van der Waals surface area (Å²) in [5.74, 6) is 0.728. The maximum atomic E-state index is 12.7. The van der Waals surface area contributed by atoms with Crippen molar-refractivity contribution in [2.75, 3.05) is 32.7 Å². The van der Waals surface area contributed by atoms with E-state index in [0.29, 0.717) is 25.4 Å². The minimum Gasteiger partial charge on any atom is -0.342 e. The number of rotatable bonds is 4. The van der Waals surface area contributed by atoms with Crippen LogP contribution in [-0.4, -0.2) is 54.3 Å². The highest BCUT2D eigenvalue weighted by Crippen LogP contribution is 2.23. The van der Waals surface area contributed by atoms with E-state index in [1.807, 2.05) is 40.1 Å². The monoisotopic (exact) mass is 365 g/mol. The minimum atomic E-state index is -0.0463. The molecule has 3 rings (SSSR count). The smallest absolute Gasteiger partial charge is 0.227 e. The summed E-state index contributed by atoms with van der Waals surface area (Å²) < 4.78 is 0. The first-order valence-corrected chi connectivity index (χ1v) is 8.98. The fraction of sp³-hybridized carbons (Fsp3) is 0.579. The molecule has 5 nitrogen and oxygen atoms in total. The topological polar surface area (TPSA) is 66.6 Å². The van der Waals surface area contributed by atoms with Gasteiger partial charge in [0, 0.05) is 26.2 Å². The number of halogens is 1. The molecule has 138 valence electrons. The molecule has 2 saturated heterocycles. The van der Waals surface area contributed by atoms with Crippen molar-refractivity contribution in [3.63, 3.8) is 0 Å². The number of nitrogens with zero attached hydrogens (tertiary/aromatic N) is 2. The summed E-state index contributed by atoms with van der Waals surface area (Å²) in [6.07, 6.45) is 3.22. The van der Waals surface area contributed by atoms with Crippen LogP contribution in [0.4, 0.5) is 0 Å². The maximum absolute atomic E-state index is 12.7. The zero-order valence-electron chi connectivity index (χ0n) is 14.6. The molecule has 2 heterocycles. The number of carbonyl (C=O) groups excluding carboxylic acids is 2. The van der Waals surface area contributed by atoms with Gasteiger partial charge in [-0.3, -0.25) is 9.59 Å². The number of carbonyl (C=O) groups is 2. The summed E-state index contributed by atoms with van der Waals surface area (Å²) in [7, 11) is 0. The van der Waals surface area contributed by atoms with Gasteiger partial charge in [-0.05, 0) is 37.3 Å². The van der Waals surface area contributed by atoms with Crippen molar-refractivity contribution in [1.82, 2.24) is 9.80 Å². The Morgan fingerprint density at radius 3 is 2.48 bits per heavy atom. The molecule has 2 unspecified atom stereocenters. The third kappa shape index (κ3) is 4.95. The van der Waals surface area contributed by atoms with Crippen LogP contribution in [0.25, 0.3) is 0 Å². The predicted molar refractivity (Wildman–Crippen MR) is 100 cm³/mol. The number of nitrogens with two attached hydrogens (primary N) is 1. The fourth-order valence-corrected chi connectivity index (χ4v) is 3.77. The molecule has 0 spiro atoms. The Morgan fingerprint density at radius 2 is 1.80 bits per heavy atom. The Hall–Kier alpha value is -1.59. The molecule has 2 atom stereocenters. The SMILES string of the molecule is Cl.NCC1CCN(C(=O)C2CCCN(C(=O)Cc3ccccc3)C2)C1. The summed E-state index contributed by atoms with van der Waals surface area (Å²) in [6, 6.07) is 9.80. The van der Waals surface area contributed by atoms with Crippen molar-refractivity contribution in [3.05, 3.63) is 35.9 Å². The average Bonchev–Trinajstić information content (AvgIpc) is 3.11. The summed E-state index contributed by atoms with van der Waals surface area (Å²) >= 11 is 0. The molecule has 2 aliphatic rings. The second-order valence-corrected chi connectivity index (χ2v) is 7.02. The van der Waals surface area contributed by atoms with Gasteiger partial charge in [0.2, 0.25) is 11.8 Å². The largest absolute Gasteiger partial charge is 0.342 e. The van der Waals surface area contributed by atoms with Gasteiger partial charge in [-0.15, -0.1) is 12.4 Å². The molecule has 25 heavy (non-hydrogen) atoms. The van der Waals surface area contributed by atoms with E-state index in [2.05, 4.69) is 0 Å². The first-order chi connectivity index (χ1) is 11.7. The molecule has 0 radical (unpaired) electrons. The normalized spacial score (nSPS) is 23.2. The average molecular weight is 366 g/mol. The molecule has 0 bridgehead atoms. The van der Waals surface area contributed by atoms with E-state index in [-0.39, 0.29) is 30.1 Å². The first kappa shape index (κ1) is 19.7. The van der Waals surface area contributed by atoms with E-state index in [4.69, 9.17) is 5.73 Å². The molecule has 2 amide bonds. The molecule has 2 aliphatic heterocycles. The molecule has 1 aromatic rings. The molecule has 2 N–H and O–H groups in total. The van der Waals surface area contributed by atoms with Crippen LogP contribution in [0.3, 0.4) is 0 Å². The van der Waals surface area contributed by atoms with Crippen LogP contribution >= 0.6 is 12.4 Å². The van der Waals surface area contributed by atoms with Gasteiger partial charge in [-0.25, -0.2) is 0 Å². The molecular weight excluding hydrogens is 338 g/mol. The van der Waals surface area contributed by atoms with Crippen molar-refractivity contribution in [2.45, 2.75) is 25.7 Å². The fourth-order valence-electron chi connectivity index (χ4n) is 3.77. The number of benzene rings is 1. The Labute approximate surface area is 155 Å². The van der Waals surface area contributed by atoms with Crippen LogP contribution in [0.2, 0.25) is 0 Å². The van der Waals surface area contributed by atoms with Crippen molar-refractivity contribution in [3.8, 4) is 0 Å². The molecule has 1 aromatic carbocycles. The second-order valence-electron chi connectivity index (χ2n) is 7.02. The van der Waals surface area contributed by atoms with Gasteiger partial charge in [0.15, 0.2) is 0 Å². The molecule has 0 aromatic heterocycles. The van der Waals surface area contributed by atoms with E-state index < -0.39 is 0 Å². The van der Waals surface area contributed by atoms with E-state index in [1.165, 1.54) is 0 Å². The Morgan fingerprint density at radius 1 is 1.04 bits per heavy atom. The Bertz CT molecular complexity index is 581. The van der Waals surface area contributed by atoms with Crippen LogP contribution in [0.15, 0.2) is 30.3 Å². The maximum Gasteiger partial charge on any atom is 0.227 e. The number of hydrogen-bond donors (Lipinski definition) is 1. The third-order valence-corrected chi connectivity index (χ3v) is 5.25. The number of hydrogen-bond acceptors (Lipinski definition) is 3. The van der Waals surface area contributed by atoms with Crippen LogP contribution in [0, 0.1) is 11.8 Å². The van der Waals surface area contributed by atoms with Gasteiger partial charge in [0.05, 0.1) is 12.3 Å². The van der Waals surface area contributed by atoms with Crippen LogP contribution in [0.5, 0.6) is 0 Å². The molecular formula is C19H28ClN3O2. The lowest BCUT2D eigenvalue weighted by atomic mass is 9.96. The van der Waals surface area contributed by atoms with E-state index in [0.717, 1.165) is 44.5 Å². The minimum absolute atomic E-state index is 0. The van der Waals surface area contributed by atoms with Gasteiger partial charge in [-0.2, -0.15) is 0 Å². The molecule has 0 aliphatic carbocycles. The van der Waals surface area contributed by atoms with Gasteiger partial charge >= 0.3 is 0 Å². The second kappa shape index (κ2) is 9.20. The van der Waals surface area contributed by atoms with Gasteiger partial charge < -0.3 is 15.5 Å². The van der Waals surface area contributed by atoms with E-state index >= 15 is 0 Å². The lowest BCUT2D eigenvalue weighted by Crippen LogP contribution is -2.46. The van der Waals surface area contributed by atoms with E-state index in [9.17, 15) is 9.59 Å². The van der Waals surface area contributed by atoms with Crippen molar-refractivity contribution < 1.29 is 9.59 Å². The summed E-state index contributed by atoms with van der Waals surface area (Å²) in [5.41, 5.74) is 6.75. The third-order valence-electron chi connectivity index (χ3n) is 5.25. The van der Waals surface area contributed by atoms with Crippen LogP contribution in [0.1, 0.15) is 24.8 Å². The summed E-state index contributed by atoms with van der Waals surface area (Å²) in [5, 5.41) is 0. The molecule has 6 heteroatoms. The zero-order chi connectivity index (χ0) is 16.9. The standard InChI is InChI=1S/C19H27N3O2.ClH/c20-12-16-8-10-22(13-16)19(24)17-7-4-9-21(14-17)18(23)11-15-5-2-1-3-6-15;/h1-3,5-6,16-17H,4,7-14,20H2;1H. The predicted octanol–water partition coefficient (Wildman–Crippen LogP) is 1.70. The number of likely N-dealkylation sites (tertiary alicyclic amines) is 2. The number of amides is 2. The van der Waals surface area contributed by atoms with Gasteiger partial charge in [0.1, 0.15) is 0 Å². The Kier molecular flexibility index (Phi) is 7.26. The molecule has 2 fully saturated rings. The van der Waals surface area contributed by atoms with Crippen LogP contribution < -0.4 is 5.73 Å². The van der Waals surface area contributed by atoms with Crippen molar-refractivity contribution in [1.29, 1.82) is 0 Å². The van der Waals surface area contributed by atoms with Crippen molar-refractivity contribution >= 4 is 24.2 Å². The Balaban J connectivity index is 0.00000225. The summed E-state index contributed by atoms with van der Waals surface area (Å²) in [6.45, 7) is 3.57. The highest BCUT2D eigenvalue weighted by atomic mass is 35.5. The molecule has 0 saturated carbocycles. The van der Waals surface area contributed by atoms with Crippen molar-refractivity contribution in [2.24, 2.45) is 17.6 Å². The zero-order valence-corrected chi connectivity index (χ0v) is 15.4. The van der Waals surface area contributed by atoms with Crippen LogP contribution in [-0.2, 0) is 16.0 Å². The highest BCUT2D eigenvalue weighted by molar-refractivity contribution is 5.85. The first-order valence-electron chi connectivity index (χ1n) is 8.98. The lowest BCUT2D eigenvalue weighted by molar-refractivity contribution is -0.140. The quantitative estimate of drug-likeness (QED) is 0.883. The van der Waals surface area contributed by atoms with Gasteiger partial charge in [0.25, 0.3) is 0 Å². The lowest BCUT2D eigenvalue weighted by Gasteiger charge is -2.34. The van der Waals surface area contributed by atoms with Gasteiger partial charge in [-0.1, -0.05) is 30.3 Å². The summed E-state index contributed by atoms with van der Waals surface area (Å²) in [4.78, 5) is 29.1. The number of piperidine rings is 1.